The molecule has 1 aromatic carbocycles. The normalized spacial score (nSPS) is 10.9. The molecule has 18 heavy (non-hydrogen) atoms. The third kappa shape index (κ3) is 4.03. The number of halogens is 3. The molecule has 0 atom stereocenters. The fraction of sp³-hybridized carbons (Fsp3) is 0.417. The van der Waals surface area contributed by atoms with Gasteiger partial charge < -0.3 is 5.11 Å². The van der Waals surface area contributed by atoms with Crippen LogP contribution in [0.1, 0.15) is 18.9 Å². The molecular weight excluding hydrogens is 308 g/mol. The predicted octanol–water partition coefficient (Wildman–Crippen LogP) is 3.02. The van der Waals surface area contributed by atoms with E-state index in [1.165, 1.54) is 12.1 Å². The van der Waals surface area contributed by atoms with Crippen molar-refractivity contribution in [1.29, 1.82) is 0 Å². The van der Waals surface area contributed by atoms with E-state index in [1.807, 2.05) is 6.92 Å². The van der Waals surface area contributed by atoms with Gasteiger partial charge in [0.15, 0.2) is 0 Å². The molecule has 0 saturated heterocycles. The van der Waals surface area contributed by atoms with Gasteiger partial charge in [-0.2, -0.15) is 0 Å². The zero-order valence-corrected chi connectivity index (χ0v) is 11.5. The van der Waals surface area contributed by atoms with E-state index >= 15 is 0 Å². The van der Waals surface area contributed by atoms with Gasteiger partial charge in [0.25, 0.3) is 0 Å². The summed E-state index contributed by atoms with van der Waals surface area (Å²) in [5, 5.41) is 8.59. The summed E-state index contributed by atoms with van der Waals surface area (Å²) in [6.45, 7) is 2.66. The van der Waals surface area contributed by atoms with Crippen molar-refractivity contribution in [2.45, 2.75) is 19.9 Å². The zero-order chi connectivity index (χ0) is 13.7. The Morgan fingerprint density at radius 1 is 1.44 bits per heavy atom. The number of hydrogen-bond donors (Lipinski definition) is 1. The quantitative estimate of drug-likeness (QED) is 0.819. The first-order valence-corrected chi connectivity index (χ1v) is 6.31. The van der Waals surface area contributed by atoms with Gasteiger partial charge in [0.1, 0.15) is 11.6 Å². The fourth-order valence-corrected chi connectivity index (χ4v) is 1.91. The van der Waals surface area contributed by atoms with E-state index in [9.17, 15) is 13.6 Å². The lowest BCUT2D eigenvalue weighted by Gasteiger charge is -2.20. The lowest BCUT2D eigenvalue weighted by atomic mass is 10.2. The van der Waals surface area contributed by atoms with Gasteiger partial charge in [0.2, 0.25) is 0 Å². The number of hydrogen-bond acceptors (Lipinski definition) is 2. The fourth-order valence-electron chi connectivity index (χ4n) is 1.54. The van der Waals surface area contributed by atoms with Crippen molar-refractivity contribution in [1.82, 2.24) is 4.90 Å². The zero-order valence-electron chi connectivity index (χ0n) is 9.92. The Kier molecular flexibility index (Phi) is 5.68. The van der Waals surface area contributed by atoms with Gasteiger partial charge >= 0.3 is 5.97 Å². The molecule has 3 nitrogen and oxygen atoms in total. The van der Waals surface area contributed by atoms with E-state index in [-0.39, 0.29) is 29.5 Å². The van der Waals surface area contributed by atoms with Crippen molar-refractivity contribution in [2.75, 3.05) is 13.1 Å². The lowest BCUT2D eigenvalue weighted by molar-refractivity contribution is -0.137. The lowest BCUT2D eigenvalue weighted by Crippen LogP contribution is -2.26. The minimum atomic E-state index is -0.927. The van der Waals surface area contributed by atoms with Crippen LogP contribution >= 0.6 is 15.9 Å². The Morgan fingerprint density at radius 2 is 2.11 bits per heavy atom. The van der Waals surface area contributed by atoms with E-state index in [2.05, 4.69) is 15.9 Å². The molecular formula is C12H14BrF2NO2. The van der Waals surface area contributed by atoms with E-state index in [0.717, 1.165) is 0 Å². The molecule has 0 unspecified atom stereocenters. The van der Waals surface area contributed by atoms with Crippen molar-refractivity contribution in [3.63, 3.8) is 0 Å². The molecule has 0 saturated carbocycles. The summed E-state index contributed by atoms with van der Waals surface area (Å²) >= 11 is 3.00. The second kappa shape index (κ2) is 6.80. The Bertz CT molecular complexity index is 440. The summed E-state index contributed by atoms with van der Waals surface area (Å²) in [5.74, 6) is -2.18. The van der Waals surface area contributed by atoms with Crippen molar-refractivity contribution >= 4 is 21.9 Å². The molecule has 1 rings (SSSR count). The molecule has 1 aromatic rings. The van der Waals surface area contributed by atoms with Crippen LogP contribution in [0.5, 0.6) is 0 Å². The van der Waals surface area contributed by atoms with Crippen molar-refractivity contribution in [3.8, 4) is 0 Å². The van der Waals surface area contributed by atoms with E-state index in [1.54, 1.807) is 4.90 Å². The first kappa shape index (κ1) is 15.0. The minimum Gasteiger partial charge on any atom is -0.481 e. The predicted molar refractivity (Wildman–Crippen MR) is 67.3 cm³/mol. The number of rotatable bonds is 6. The highest BCUT2D eigenvalue weighted by Gasteiger charge is 2.15. The second-order valence-electron chi connectivity index (χ2n) is 3.83. The van der Waals surface area contributed by atoms with Crippen molar-refractivity contribution < 1.29 is 18.7 Å². The summed E-state index contributed by atoms with van der Waals surface area (Å²) in [7, 11) is 0. The molecule has 6 heteroatoms. The number of carbonyl (C=O) groups is 1. The summed E-state index contributed by atoms with van der Waals surface area (Å²) < 4.78 is 27.5. The molecule has 0 aliphatic carbocycles. The molecule has 0 aliphatic rings. The Balaban J connectivity index is 2.81. The topological polar surface area (TPSA) is 40.5 Å². The number of benzene rings is 1. The molecule has 0 heterocycles. The third-order valence-electron chi connectivity index (χ3n) is 2.61. The van der Waals surface area contributed by atoms with E-state index in [0.29, 0.717) is 6.54 Å². The number of aliphatic carboxylic acids is 1. The Morgan fingerprint density at radius 3 is 2.67 bits per heavy atom. The van der Waals surface area contributed by atoms with Crippen LogP contribution in [0, 0.1) is 11.6 Å². The van der Waals surface area contributed by atoms with Gasteiger partial charge in [-0.05, 0) is 34.6 Å². The van der Waals surface area contributed by atoms with Crippen LogP contribution in [0.15, 0.2) is 16.6 Å². The van der Waals surface area contributed by atoms with Gasteiger partial charge in [-0.15, -0.1) is 0 Å². The molecule has 1 N–H and O–H groups in total. The third-order valence-corrected chi connectivity index (χ3v) is 3.22. The highest BCUT2D eigenvalue weighted by Crippen LogP contribution is 2.22. The number of carboxylic acids is 1. The van der Waals surface area contributed by atoms with Crippen LogP contribution in [-0.2, 0) is 11.3 Å². The summed E-state index contributed by atoms with van der Waals surface area (Å²) in [4.78, 5) is 12.2. The van der Waals surface area contributed by atoms with Crippen LogP contribution in [0.3, 0.4) is 0 Å². The van der Waals surface area contributed by atoms with E-state index in [4.69, 9.17) is 5.11 Å². The van der Waals surface area contributed by atoms with Gasteiger partial charge in [0, 0.05) is 18.7 Å². The number of carboxylic acid groups (broad SMARTS) is 1. The van der Waals surface area contributed by atoms with Crippen molar-refractivity contribution in [2.24, 2.45) is 0 Å². The molecule has 0 aromatic heterocycles. The Hall–Kier alpha value is -1.01. The van der Waals surface area contributed by atoms with Crippen LogP contribution < -0.4 is 0 Å². The van der Waals surface area contributed by atoms with Crippen molar-refractivity contribution in [3.05, 3.63) is 33.8 Å². The first-order valence-electron chi connectivity index (χ1n) is 5.52. The van der Waals surface area contributed by atoms with Crippen LogP contribution in [-0.4, -0.2) is 29.1 Å². The average Bonchev–Trinajstić information content (AvgIpc) is 2.33. The van der Waals surface area contributed by atoms with Gasteiger partial charge in [-0.3, -0.25) is 9.69 Å². The first-order chi connectivity index (χ1) is 8.45. The molecule has 0 fully saturated rings. The summed E-state index contributed by atoms with van der Waals surface area (Å²) in [6, 6.07) is 2.50. The minimum absolute atomic E-state index is 0.0448. The smallest absolute Gasteiger partial charge is 0.304 e. The highest BCUT2D eigenvalue weighted by molar-refractivity contribution is 9.10. The number of nitrogens with zero attached hydrogens (tertiary/aromatic N) is 1. The standard InChI is InChI=1S/C12H14BrF2NO2/c1-2-16(6-5-11(17)18)7-8-10(14)4-3-9(13)12(8)15/h3-4H,2,5-7H2,1H3,(H,17,18). The Labute approximate surface area is 113 Å². The second-order valence-corrected chi connectivity index (χ2v) is 4.69. The average molecular weight is 322 g/mol. The SMILES string of the molecule is CCN(CCC(=O)O)Cc1c(F)ccc(Br)c1F. The molecule has 0 radical (unpaired) electrons. The maximum Gasteiger partial charge on any atom is 0.304 e. The maximum absolute atomic E-state index is 13.7. The van der Waals surface area contributed by atoms with Gasteiger partial charge in [-0.25, -0.2) is 8.78 Å². The molecule has 0 aliphatic heterocycles. The summed E-state index contributed by atoms with van der Waals surface area (Å²) in [6.07, 6.45) is -0.0505. The van der Waals surface area contributed by atoms with Crippen LogP contribution in [0.2, 0.25) is 0 Å². The molecule has 0 bridgehead atoms. The maximum atomic E-state index is 13.7. The van der Waals surface area contributed by atoms with Gasteiger partial charge in [-0.1, -0.05) is 6.92 Å². The van der Waals surface area contributed by atoms with E-state index < -0.39 is 17.6 Å². The molecule has 0 spiro atoms. The molecule has 100 valence electrons. The highest BCUT2D eigenvalue weighted by atomic mass is 79.9. The molecule has 0 amide bonds. The largest absolute Gasteiger partial charge is 0.481 e. The monoisotopic (exact) mass is 321 g/mol. The van der Waals surface area contributed by atoms with Crippen LogP contribution in [0.4, 0.5) is 8.78 Å². The van der Waals surface area contributed by atoms with Gasteiger partial charge in [0.05, 0.1) is 10.9 Å². The van der Waals surface area contributed by atoms with Crippen LogP contribution in [0.25, 0.3) is 0 Å². The summed E-state index contributed by atoms with van der Waals surface area (Å²) in [5.41, 5.74) is -0.0448.